The van der Waals surface area contributed by atoms with Crippen LogP contribution in [0.4, 0.5) is 5.13 Å². The summed E-state index contributed by atoms with van der Waals surface area (Å²) in [7, 11) is 0. The molecule has 0 fully saturated rings. The summed E-state index contributed by atoms with van der Waals surface area (Å²) in [6, 6.07) is 9.82. The summed E-state index contributed by atoms with van der Waals surface area (Å²) >= 11 is 3.56. The molecular weight excluding hydrogens is 411 g/mol. The number of carbonyl (C=O) groups excluding carboxylic acids is 1. The van der Waals surface area contributed by atoms with E-state index in [1.165, 1.54) is 23.0 Å². The number of halogens is 1. The number of fused-ring (bicyclic) bond motifs is 1. The lowest BCUT2D eigenvalue weighted by Crippen LogP contribution is -2.07. The third-order valence-electron chi connectivity index (χ3n) is 3.08. The van der Waals surface area contributed by atoms with E-state index in [2.05, 4.69) is 51.9 Å². The molecule has 0 unspecified atom stereocenters. The fourth-order valence-electron chi connectivity index (χ4n) is 1.97. The molecule has 22 heavy (non-hydrogen) atoms. The Labute approximate surface area is 145 Å². The molecule has 4 nitrogen and oxygen atoms in total. The van der Waals surface area contributed by atoms with Crippen molar-refractivity contribution in [1.29, 1.82) is 0 Å². The highest BCUT2D eigenvalue weighted by Crippen LogP contribution is 2.27. The number of nitrogens with one attached hydrogen (secondary N) is 1. The van der Waals surface area contributed by atoms with E-state index >= 15 is 0 Å². The molecular formula is C16H13IN2O2S. The summed E-state index contributed by atoms with van der Waals surface area (Å²) in [6.07, 6.45) is 4.07. The van der Waals surface area contributed by atoms with Crippen LogP contribution in [0.2, 0.25) is 0 Å². The van der Waals surface area contributed by atoms with Gasteiger partial charge in [-0.25, -0.2) is 4.98 Å². The van der Waals surface area contributed by atoms with Crippen molar-refractivity contribution in [3.63, 3.8) is 0 Å². The first-order valence-electron chi connectivity index (χ1n) is 6.78. The number of thiazole rings is 1. The summed E-state index contributed by atoms with van der Waals surface area (Å²) < 4.78 is 7.23. The minimum atomic E-state index is -0.221. The van der Waals surface area contributed by atoms with Crippen LogP contribution in [0.1, 0.15) is 18.2 Å². The van der Waals surface area contributed by atoms with Gasteiger partial charge in [0.15, 0.2) is 8.90 Å². The maximum Gasteiger partial charge on any atom is 0.250 e. The molecule has 3 rings (SSSR count). The highest BCUT2D eigenvalue weighted by atomic mass is 127. The van der Waals surface area contributed by atoms with E-state index in [1.807, 2.05) is 18.2 Å². The van der Waals surface area contributed by atoms with Gasteiger partial charge >= 0.3 is 0 Å². The predicted octanol–water partition coefficient (Wildman–Crippen LogP) is 4.71. The molecule has 1 aromatic carbocycles. The Balaban J connectivity index is 1.72. The first-order chi connectivity index (χ1) is 10.6. The first-order valence-corrected chi connectivity index (χ1v) is 8.67. The number of aromatic nitrogens is 1. The molecule has 0 bridgehead atoms. The van der Waals surface area contributed by atoms with E-state index in [0.29, 0.717) is 10.9 Å². The zero-order valence-corrected chi connectivity index (χ0v) is 14.8. The van der Waals surface area contributed by atoms with Crippen molar-refractivity contribution < 1.29 is 9.21 Å². The molecule has 1 amide bonds. The van der Waals surface area contributed by atoms with Gasteiger partial charge in [-0.3, -0.25) is 10.1 Å². The molecule has 3 aromatic rings. The van der Waals surface area contributed by atoms with Crippen LogP contribution in [-0.4, -0.2) is 10.9 Å². The standard InChI is InChI=1S/C16H13IN2O2S/c1-2-10-3-6-12-13(9-10)22-16(18-12)19-15(20)8-5-11-4-7-14(17)21-11/h3-9H,2H2,1H3,(H,18,19,20). The number of aryl methyl sites for hydroxylation is 1. The van der Waals surface area contributed by atoms with Gasteiger partial charge < -0.3 is 4.42 Å². The van der Waals surface area contributed by atoms with Gasteiger partial charge in [-0.2, -0.15) is 0 Å². The minimum absolute atomic E-state index is 0.221. The quantitative estimate of drug-likeness (QED) is 0.488. The van der Waals surface area contributed by atoms with Gasteiger partial charge in [0.05, 0.1) is 10.2 Å². The second-order valence-corrected chi connectivity index (χ2v) is 6.73. The maximum atomic E-state index is 11.9. The number of amides is 1. The molecule has 0 aliphatic rings. The van der Waals surface area contributed by atoms with Gasteiger partial charge in [-0.15, -0.1) is 0 Å². The number of carbonyl (C=O) groups is 1. The zero-order chi connectivity index (χ0) is 15.5. The van der Waals surface area contributed by atoms with Crippen LogP contribution in [0.3, 0.4) is 0 Å². The molecule has 0 aliphatic carbocycles. The van der Waals surface area contributed by atoms with E-state index in [4.69, 9.17) is 4.42 Å². The van der Waals surface area contributed by atoms with Crippen LogP contribution in [0.15, 0.2) is 40.8 Å². The lowest BCUT2D eigenvalue weighted by atomic mass is 10.2. The second-order valence-electron chi connectivity index (χ2n) is 4.64. The van der Waals surface area contributed by atoms with Gasteiger partial charge in [0.25, 0.3) is 0 Å². The summed E-state index contributed by atoms with van der Waals surface area (Å²) in [5.74, 6) is 0.428. The van der Waals surface area contributed by atoms with Gasteiger partial charge in [-0.1, -0.05) is 24.3 Å². The van der Waals surface area contributed by atoms with Crippen molar-refractivity contribution in [2.75, 3.05) is 5.32 Å². The van der Waals surface area contributed by atoms with Gasteiger partial charge in [0.1, 0.15) is 5.76 Å². The SMILES string of the molecule is CCc1ccc2nc(NC(=O)C=Cc3ccc(I)o3)sc2c1. The van der Waals surface area contributed by atoms with Crippen LogP contribution >= 0.6 is 33.9 Å². The molecule has 0 aliphatic heterocycles. The number of anilines is 1. The third-order valence-corrected chi connectivity index (χ3v) is 4.60. The fraction of sp³-hybridized carbons (Fsp3) is 0.125. The lowest BCUT2D eigenvalue weighted by molar-refractivity contribution is -0.111. The average Bonchev–Trinajstić information content (AvgIpc) is 3.09. The molecule has 112 valence electrons. The summed E-state index contributed by atoms with van der Waals surface area (Å²) in [5, 5.41) is 3.39. The third kappa shape index (κ3) is 3.56. The molecule has 0 radical (unpaired) electrons. The molecule has 0 spiro atoms. The van der Waals surface area contributed by atoms with Crippen molar-refractivity contribution >= 4 is 61.3 Å². The van der Waals surface area contributed by atoms with Crippen LogP contribution in [0, 0.1) is 3.77 Å². The van der Waals surface area contributed by atoms with Gasteiger partial charge in [0.2, 0.25) is 5.91 Å². The molecule has 0 atom stereocenters. The fourth-order valence-corrected chi connectivity index (χ4v) is 3.33. The van der Waals surface area contributed by atoms with Crippen LogP contribution in [-0.2, 0) is 11.2 Å². The van der Waals surface area contributed by atoms with Crippen molar-refractivity contribution in [3.05, 3.63) is 51.5 Å². The number of nitrogens with zero attached hydrogens (tertiary/aromatic N) is 1. The highest BCUT2D eigenvalue weighted by molar-refractivity contribution is 14.1. The van der Waals surface area contributed by atoms with Crippen molar-refractivity contribution in [1.82, 2.24) is 4.98 Å². The Bertz CT molecular complexity index is 851. The number of benzene rings is 1. The Kier molecular flexibility index (Phi) is 4.58. The maximum absolute atomic E-state index is 11.9. The van der Waals surface area contributed by atoms with Crippen LogP contribution < -0.4 is 5.32 Å². The topological polar surface area (TPSA) is 55.1 Å². The van der Waals surface area contributed by atoms with E-state index < -0.39 is 0 Å². The molecule has 0 saturated heterocycles. The highest BCUT2D eigenvalue weighted by Gasteiger charge is 2.06. The summed E-state index contributed by atoms with van der Waals surface area (Å²) in [4.78, 5) is 16.3. The lowest BCUT2D eigenvalue weighted by Gasteiger charge is -1.94. The minimum Gasteiger partial charge on any atom is -0.451 e. The Morgan fingerprint density at radius 3 is 3.00 bits per heavy atom. The molecule has 2 aromatic heterocycles. The van der Waals surface area contributed by atoms with E-state index in [1.54, 1.807) is 6.08 Å². The summed E-state index contributed by atoms with van der Waals surface area (Å²) in [5.41, 5.74) is 2.17. The van der Waals surface area contributed by atoms with Crippen LogP contribution in [0.25, 0.3) is 16.3 Å². The molecule has 1 N–H and O–H groups in total. The first kappa shape index (κ1) is 15.2. The number of hydrogen-bond donors (Lipinski definition) is 1. The van der Waals surface area contributed by atoms with Crippen molar-refractivity contribution in [2.45, 2.75) is 13.3 Å². The zero-order valence-electron chi connectivity index (χ0n) is 11.8. The number of hydrogen-bond acceptors (Lipinski definition) is 4. The Hall–Kier alpha value is -1.67. The van der Waals surface area contributed by atoms with Gasteiger partial charge in [-0.05, 0) is 64.9 Å². The smallest absolute Gasteiger partial charge is 0.250 e. The monoisotopic (exact) mass is 424 g/mol. The van der Waals surface area contributed by atoms with E-state index in [0.717, 1.165) is 20.4 Å². The number of furan rings is 1. The Morgan fingerprint density at radius 2 is 2.27 bits per heavy atom. The number of rotatable bonds is 4. The normalized spacial score (nSPS) is 11.4. The second kappa shape index (κ2) is 6.62. The van der Waals surface area contributed by atoms with E-state index in [9.17, 15) is 4.79 Å². The summed E-state index contributed by atoms with van der Waals surface area (Å²) in [6.45, 7) is 2.12. The molecule has 0 saturated carbocycles. The Morgan fingerprint density at radius 1 is 1.41 bits per heavy atom. The molecule has 6 heteroatoms. The van der Waals surface area contributed by atoms with E-state index in [-0.39, 0.29) is 5.91 Å². The largest absolute Gasteiger partial charge is 0.451 e. The van der Waals surface area contributed by atoms with Gasteiger partial charge in [0, 0.05) is 6.08 Å². The van der Waals surface area contributed by atoms with Crippen molar-refractivity contribution in [2.24, 2.45) is 0 Å². The van der Waals surface area contributed by atoms with Crippen molar-refractivity contribution in [3.8, 4) is 0 Å². The predicted molar refractivity (Wildman–Crippen MR) is 98.1 cm³/mol. The molecule has 2 heterocycles. The average molecular weight is 424 g/mol. The van der Waals surface area contributed by atoms with Crippen LogP contribution in [0.5, 0.6) is 0 Å².